The Hall–Kier alpha value is -2.18. The molecule has 2 aliphatic heterocycles. The first-order valence-corrected chi connectivity index (χ1v) is 11.3. The molecule has 3 heterocycles. The Morgan fingerprint density at radius 2 is 2.03 bits per heavy atom. The highest BCUT2D eigenvalue weighted by Crippen LogP contribution is 2.39. The maximum Gasteiger partial charge on any atom is 0.272 e. The average molecular weight is 412 g/mol. The Balaban J connectivity index is 1.24. The van der Waals surface area contributed by atoms with Crippen molar-refractivity contribution in [2.45, 2.75) is 57.8 Å². The van der Waals surface area contributed by atoms with Crippen molar-refractivity contribution in [3.8, 4) is 0 Å². The molecular weight excluding hydrogens is 378 g/mol. The van der Waals surface area contributed by atoms with E-state index in [0.717, 1.165) is 58.4 Å². The van der Waals surface area contributed by atoms with Crippen molar-refractivity contribution in [2.75, 3.05) is 26.3 Å². The molecule has 2 aromatic rings. The molecule has 30 heavy (non-hydrogen) atoms. The smallest absolute Gasteiger partial charge is 0.272 e. The van der Waals surface area contributed by atoms with Crippen LogP contribution in [0.15, 0.2) is 42.6 Å². The minimum Gasteiger partial charge on any atom is -0.377 e. The highest BCUT2D eigenvalue weighted by Gasteiger charge is 2.41. The lowest BCUT2D eigenvalue weighted by Crippen LogP contribution is -2.51. The van der Waals surface area contributed by atoms with Crippen LogP contribution in [0.3, 0.4) is 0 Å². The molecule has 1 unspecified atom stereocenters. The molecule has 6 nitrogen and oxygen atoms in total. The van der Waals surface area contributed by atoms with Crippen molar-refractivity contribution in [3.05, 3.63) is 53.9 Å². The standard InChI is InChI=1S/C24H33N3O3/c1-2-27-22(8-13-25-27)23(28)26-14-11-24(12-15-26)18-20(10-17-30-24)9-16-29-19-21-6-4-3-5-7-21/h3-8,13,20H,2,9-12,14-19H2,1H3. The molecule has 2 aliphatic rings. The molecule has 0 bridgehead atoms. The van der Waals surface area contributed by atoms with E-state index in [9.17, 15) is 4.79 Å². The summed E-state index contributed by atoms with van der Waals surface area (Å²) in [6.07, 6.45) is 6.80. The molecule has 0 saturated carbocycles. The van der Waals surface area contributed by atoms with Gasteiger partial charge in [-0.3, -0.25) is 9.48 Å². The van der Waals surface area contributed by atoms with Crippen molar-refractivity contribution < 1.29 is 14.3 Å². The number of hydrogen-bond donors (Lipinski definition) is 0. The second-order valence-corrected chi connectivity index (χ2v) is 8.54. The second kappa shape index (κ2) is 9.75. The Kier molecular flexibility index (Phi) is 6.85. The van der Waals surface area contributed by atoms with E-state index in [4.69, 9.17) is 9.47 Å². The molecule has 162 valence electrons. The van der Waals surface area contributed by atoms with Crippen molar-refractivity contribution in [2.24, 2.45) is 5.92 Å². The number of aromatic nitrogens is 2. The fourth-order valence-corrected chi connectivity index (χ4v) is 4.78. The van der Waals surface area contributed by atoms with Gasteiger partial charge in [0.2, 0.25) is 0 Å². The number of nitrogens with zero attached hydrogens (tertiary/aromatic N) is 3. The monoisotopic (exact) mass is 411 g/mol. The zero-order valence-electron chi connectivity index (χ0n) is 18.0. The molecule has 1 amide bonds. The summed E-state index contributed by atoms with van der Waals surface area (Å²) in [6, 6.07) is 12.2. The van der Waals surface area contributed by atoms with Gasteiger partial charge in [-0.2, -0.15) is 5.10 Å². The number of benzene rings is 1. The molecule has 1 atom stereocenters. The van der Waals surface area contributed by atoms with Gasteiger partial charge in [-0.25, -0.2) is 0 Å². The van der Waals surface area contributed by atoms with Gasteiger partial charge in [-0.05, 0) is 56.6 Å². The molecule has 1 aromatic carbocycles. The number of likely N-dealkylation sites (tertiary alicyclic amines) is 1. The lowest BCUT2D eigenvalue weighted by molar-refractivity contribution is -0.126. The van der Waals surface area contributed by atoms with Gasteiger partial charge < -0.3 is 14.4 Å². The fraction of sp³-hybridized carbons (Fsp3) is 0.583. The maximum absolute atomic E-state index is 12.9. The number of aryl methyl sites for hydroxylation is 1. The summed E-state index contributed by atoms with van der Waals surface area (Å²) in [6.45, 7) is 6.52. The van der Waals surface area contributed by atoms with Gasteiger partial charge in [0.1, 0.15) is 5.69 Å². The van der Waals surface area contributed by atoms with Gasteiger partial charge in [0.15, 0.2) is 0 Å². The van der Waals surface area contributed by atoms with Gasteiger partial charge in [0.05, 0.1) is 12.2 Å². The summed E-state index contributed by atoms with van der Waals surface area (Å²) in [5.41, 5.74) is 1.85. The van der Waals surface area contributed by atoms with Crippen LogP contribution in [0, 0.1) is 5.92 Å². The van der Waals surface area contributed by atoms with Crippen LogP contribution in [0.2, 0.25) is 0 Å². The quantitative estimate of drug-likeness (QED) is 0.648. The molecule has 1 aromatic heterocycles. The number of ether oxygens (including phenoxy) is 2. The summed E-state index contributed by atoms with van der Waals surface area (Å²) in [5, 5.41) is 4.23. The topological polar surface area (TPSA) is 56.6 Å². The Labute approximate surface area is 179 Å². The van der Waals surface area contributed by atoms with Crippen molar-refractivity contribution in [1.29, 1.82) is 0 Å². The van der Waals surface area contributed by atoms with Crippen LogP contribution in [0.4, 0.5) is 0 Å². The number of carbonyl (C=O) groups is 1. The zero-order chi connectivity index (χ0) is 20.8. The highest BCUT2D eigenvalue weighted by molar-refractivity contribution is 5.92. The summed E-state index contributed by atoms with van der Waals surface area (Å²) >= 11 is 0. The van der Waals surface area contributed by atoms with Crippen LogP contribution in [-0.4, -0.2) is 52.5 Å². The maximum atomic E-state index is 12.9. The summed E-state index contributed by atoms with van der Waals surface area (Å²) in [5.74, 6) is 0.726. The Morgan fingerprint density at radius 3 is 2.80 bits per heavy atom. The molecule has 2 fully saturated rings. The molecular formula is C24H33N3O3. The molecule has 0 radical (unpaired) electrons. The van der Waals surface area contributed by atoms with E-state index in [1.54, 1.807) is 10.9 Å². The predicted octanol–water partition coefficient (Wildman–Crippen LogP) is 3.91. The van der Waals surface area contributed by atoms with Crippen molar-refractivity contribution in [3.63, 3.8) is 0 Å². The van der Waals surface area contributed by atoms with E-state index >= 15 is 0 Å². The first-order valence-electron chi connectivity index (χ1n) is 11.3. The normalized spacial score (nSPS) is 21.1. The first-order chi connectivity index (χ1) is 14.7. The number of amides is 1. The summed E-state index contributed by atoms with van der Waals surface area (Å²) in [7, 11) is 0. The number of carbonyl (C=O) groups excluding carboxylic acids is 1. The first kappa shape index (κ1) is 21.1. The largest absolute Gasteiger partial charge is 0.377 e. The molecule has 6 heteroatoms. The van der Waals surface area contributed by atoms with Gasteiger partial charge in [-0.1, -0.05) is 30.3 Å². The number of rotatable bonds is 7. The molecule has 0 N–H and O–H groups in total. The molecule has 0 aliphatic carbocycles. The minimum absolute atomic E-state index is 0.0654. The molecule has 1 spiro atoms. The molecule has 4 rings (SSSR count). The second-order valence-electron chi connectivity index (χ2n) is 8.54. The third-order valence-electron chi connectivity index (χ3n) is 6.57. The third kappa shape index (κ3) is 4.93. The Bertz CT molecular complexity index is 812. The number of piperidine rings is 1. The van der Waals surface area contributed by atoms with Gasteiger partial charge in [0, 0.05) is 39.0 Å². The Morgan fingerprint density at radius 1 is 1.23 bits per heavy atom. The number of hydrogen-bond acceptors (Lipinski definition) is 4. The van der Waals surface area contributed by atoms with Crippen LogP contribution >= 0.6 is 0 Å². The molecule has 2 saturated heterocycles. The van der Waals surface area contributed by atoms with E-state index in [2.05, 4.69) is 17.2 Å². The van der Waals surface area contributed by atoms with E-state index in [0.29, 0.717) is 24.8 Å². The van der Waals surface area contributed by atoms with Gasteiger partial charge in [-0.15, -0.1) is 0 Å². The average Bonchev–Trinajstić information content (AvgIpc) is 3.27. The van der Waals surface area contributed by atoms with Crippen LogP contribution in [0.25, 0.3) is 0 Å². The van der Waals surface area contributed by atoms with Gasteiger partial charge >= 0.3 is 0 Å². The predicted molar refractivity (Wildman–Crippen MR) is 115 cm³/mol. The van der Waals surface area contributed by atoms with Gasteiger partial charge in [0.25, 0.3) is 5.91 Å². The van der Waals surface area contributed by atoms with E-state index in [1.165, 1.54) is 5.56 Å². The summed E-state index contributed by atoms with van der Waals surface area (Å²) in [4.78, 5) is 14.8. The van der Waals surface area contributed by atoms with Crippen molar-refractivity contribution in [1.82, 2.24) is 14.7 Å². The minimum atomic E-state index is -0.0654. The van der Waals surface area contributed by atoms with E-state index in [-0.39, 0.29) is 11.5 Å². The zero-order valence-corrected chi connectivity index (χ0v) is 18.0. The lowest BCUT2D eigenvalue weighted by atomic mass is 9.78. The van der Waals surface area contributed by atoms with Crippen LogP contribution in [0.5, 0.6) is 0 Å². The SMILES string of the molecule is CCn1nccc1C(=O)N1CCC2(CC1)CC(CCOCc1ccccc1)CCO2. The fourth-order valence-electron chi connectivity index (χ4n) is 4.78. The summed E-state index contributed by atoms with van der Waals surface area (Å²) < 4.78 is 14.0. The third-order valence-corrected chi connectivity index (χ3v) is 6.57. The highest BCUT2D eigenvalue weighted by atomic mass is 16.5. The van der Waals surface area contributed by atoms with Crippen LogP contribution in [0.1, 0.15) is 55.1 Å². The van der Waals surface area contributed by atoms with E-state index in [1.807, 2.05) is 36.1 Å². The van der Waals surface area contributed by atoms with E-state index < -0.39 is 0 Å². The van der Waals surface area contributed by atoms with Crippen LogP contribution in [-0.2, 0) is 22.6 Å². The van der Waals surface area contributed by atoms with Crippen LogP contribution < -0.4 is 0 Å². The lowest BCUT2D eigenvalue weighted by Gasteiger charge is -2.46. The van der Waals surface area contributed by atoms with Crippen molar-refractivity contribution >= 4 is 5.91 Å².